The topological polar surface area (TPSA) is 86.3 Å². The highest BCUT2D eigenvalue weighted by atomic mass is 19.1. The highest BCUT2D eigenvalue weighted by Gasteiger charge is 2.36. The van der Waals surface area contributed by atoms with Crippen LogP contribution in [-0.2, 0) is 0 Å². The minimum absolute atomic E-state index is 0.0590. The van der Waals surface area contributed by atoms with E-state index in [1.807, 2.05) is 36.4 Å². The van der Waals surface area contributed by atoms with Gasteiger partial charge in [0.05, 0.1) is 34.3 Å². The third kappa shape index (κ3) is 4.08. The fourth-order valence-electron chi connectivity index (χ4n) is 6.62. The summed E-state index contributed by atoms with van der Waals surface area (Å²) in [5.74, 6) is 0.496. The van der Waals surface area contributed by atoms with Crippen LogP contribution in [0.4, 0.5) is 21.5 Å². The van der Waals surface area contributed by atoms with E-state index >= 15 is 0 Å². The van der Waals surface area contributed by atoms with Gasteiger partial charge in [0, 0.05) is 63.5 Å². The van der Waals surface area contributed by atoms with Crippen molar-refractivity contribution in [3.63, 3.8) is 0 Å². The summed E-state index contributed by atoms with van der Waals surface area (Å²) in [5.41, 5.74) is 4.88. The first-order chi connectivity index (χ1) is 21.1. The van der Waals surface area contributed by atoms with Gasteiger partial charge in [-0.1, -0.05) is 41.6 Å². The van der Waals surface area contributed by atoms with E-state index < -0.39 is 0 Å². The second kappa shape index (κ2) is 10.0. The molecule has 0 atom stereocenters. The van der Waals surface area contributed by atoms with Crippen LogP contribution < -0.4 is 14.7 Å². The summed E-state index contributed by atoms with van der Waals surface area (Å²) in [4.78, 5) is 35.3. The molecule has 2 aliphatic heterocycles. The van der Waals surface area contributed by atoms with Gasteiger partial charge in [-0.25, -0.2) is 4.39 Å². The molecule has 0 N–H and O–H groups in total. The molecule has 3 aromatic carbocycles. The number of halogens is 1. The average molecular weight is 578 g/mol. The Morgan fingerprint density at radius 3 is 2.12 bits per heavy atom. The number of hydrogen-bond acceptors (Lipinski definition) is 8. The van der Waals surface area contributed by atoms with Crippen molar-refractivity contribution in [2.45, 2.75) is 0 Å². The molecule has 0 radical (unpaired) electrons. The van der Waals surface area contributed by atoms with Crippen LogP contribution in [0.15, 0.2) is 81.9 Å². The van der Waals surface area contributed by atoms with Crippen LogP contribution in [0.2, 0.25) is 0 Å². The molecule has 2 saturated heterocycles. The summed E-state index contributed by atoms with van der Waals surface area (Å²) in [6.07, 6.45) is 1.50. The highest BCUT2D eigenvalue weighted by molar-refractivity contribution is 6.28. The van der Waals surface area contributed by atoms with Crippen LogP contribution in [0.3, 0.4) is 0 Å². The van der Waals surface area contributed by atoms with Crippen molar-refractivity contribution in [3.05, 3.63) is 95.7 Å². The van der Waals surface area contributed by atoms with Crippen molar-refractivity contribution in [3.8, 4) is 11.3 Å². The first-order valence-corrected chi connectivity index (χ1v) is 14.5. The maximum Gasteiger partial charge on any atom is 0.289 e. The Kier molecular flexibility index (Phi) is 5.95. The molecule has 2 fully saturated rings. The lowest BCUT2D eigenvalue weighted by atomic mass is 9.86. The van der Waals surface area contributed by atoms with Crippen molar-refractivity contribution >= 4 is 39.7 Å². The normalized spacial score (nSPS) is 16.6. The molecular weight excluding hydrogens is 549 g/mol. The molecule has 8 rings (SSSR count). The number of piperazine rings is 2. The number of para-hydroxylation sites is 1. The number of amides is 1. The quantitative estimate of drug-likeness (QED) is 0.288. The number of benzene rings is 3. The number of anilines is 3. The second-order valence-electron chi connectivity index (χ2n) is 11.1. The number of nitrogens with zero attached hydrogens (tertiary/aromatic N) is 5. The van der Waals surface area contributed by atoms with Crippen LogP contribution in [0.1, 0.15) is 26.5 Å². The molecule has 3 aliphatic rings. The number of rotatable bonds is 4. The van der Waals surface area contributed by atoms with Gasteiger partial charge in [-0.15, -0.1) is 0 Å². The van der Waals surface area contributed by atoms with Crippen molar-refractivity contribution in [2.24, 2.45) is 0 Å². The van der Waals surface area contributed by atoms with Crippen LogP contribution in [0.5, 0.6) is 0 Å². The van der Waals surface area contributed by atoms with Crippen LogP contribution in [0, 0.1) is 5.82 Å². The molecule has 0 saturated carbocycles. The second-order valence-corrected chi connectivity index (χ2v) is 11.1. The summed E-state index contributed by atoms with van der Waals surface area (Å²) < 4.78 is 25.8. The fraction of sp³-hybridized carbons (Fsp3) is 0.242. The largest absolute Gasteiger partial charge is 0.459 e. The zero-order valence-electron chi connectivity index (χ0n) is 23.3. The minimum atomic E-state index is -0.227. The van der Waals surface area contributed by atoms with Gasteiger partial charge in [-0.05, 0) is 30.3 Å². The first kappa shape index (κ1) is 25.6. The number of furan rings is 1. The number of carbonyl (C=O) groups excluding carboxylic acids is 2. The molecule has 2 aromatic heterocycles. The number of ketones is 1. The van der Waals surface area contributed by atoms with Crippen molar-refractivity contribution in [1.82, 2.24) is 10.1 Å². The molecule has 1 amide bonds. The Labute approximate surface area is 246 Å². The molecule has 0 unspecified atom stereocenters. The van der Waals surface area contributed by atoms with Gasteiger partial charge in [0.1, 0.15) is 11.3 Å². The van der Waals surface area contributed by atoms with E-state index in [1.165, 1.54) is 12.3 Å². The molecule has 5 aromatic rings. The zero-order valence-corrected chi connectivity index (χ0v) is 23.3. The number of aromatic nitrogens is 1. The van der Waals surface area contributed by atoms with E-state index in [4.69, 9.17) is 8.94 Å². The van der Waals surface area contributed by atoms with Gasteiger partial charge in [0.2, 0.25) is 0 Å². The predicted octanol–water partition coefficient (Wildman–Crippen LogP) is 5.06. The van der Waals surface area contributed by atoms with E-state index in [9.17, 15) is 14.0 Å². The maximum absolute atomic E-state index is 14.5. The maximum atomic E-state index is 14.5. The van der Waals surface area contributed by atoms with Gasteiger partial charge >= 0.3 is 0 Å². The molecule has 43 heavy (non-hydrogen) atoms. The van der Waals surface area contributed by atoms with E-state index in [-0.39, 0.29) is 17.5 Å². The van der Waals surface area contributed by atoms with Crippen LogP contribution in [-0.4, -0.2) is 74.1 Å². The summed E-state index contributed by atoms with van der Waals surface area (Å²) in [7, 11) is 0. The van der Waals surface area contributed by atoms with E-state index in [0.29, 0.717) is 86.2 Å². The smallest absolute Gasteiger partial charge is 0.289 e. The molecule has 0 bridgehead atoms. The Morgan fingerprint density at radius 2 is 1.40 bits per heavy atom. The number of fused-ring (bicyclic) bond motifs is 2. The van der Waals surface area contributed by atoms with Gasteiger partial charge in [-0.2, -0.15) is 0 Å². The van der Waals surface area contributed by atoms with Crippen molar-refractivity contribution < 1.29 is 22.9 Å². The Morgan fingerprint density at radius 1 is 0.744 bits per heavy atom. The van der Waals surface area contributed by atoms with E-state index in [1.54, 1.807) is 23.1 Å². The van der Waals surface area contributed by atoms with Crippen LogP contribution in [0.25, 0.3) is 22.2 Å². The van der Waals surface area contributed by atoms with Crippen molar-refractivity contribution in [1.29, 1.82) is 0 Å². The van der Waals surface area contributed by atoms with E-state index in [0.717, 1.165) is 22.3 Å². The van der Waals surface area contributed by atoms with Crippen molar-refractivity contribution in [2.75, 3.05) is 67.1 Å². The van der Waals surface area contributed by atoms with E-state index in [2.05, 4.69) is 25.9 Å². The molecule has 0 spiro atoms. The molecule has 4 heterocycles. The van der Waals surface area contributed by atoms with Gasteiger partial charge < -0.3 is 28.5 Å². The highest BCUT2D eigenvalue weighted by Crippen LogP contribution is 2.47. The summed E-state index contributed by atoms with van der Waals surface area (Å²) in [6.45, 7) is 4.69. The third-order valence-corrected chi connectivity index (χ3v) is 8.81. The summed E-state index contributed by atoms with van der Waals surface area (Å²) in [5, 5.41) is 5.24. The Balaban J connectivity index is 1.17. The standard InChI is InChI=1S/C33H28FN5O4/c34-23-8-3-4-9-24(23)36-11-13-38(14-12-36)26-20-25(37-15-17-39(18-16-37)33(41)27-10-5-19-42-27)28-29-30(26)35-43-32(29)22-7-2-1-6-21(22)31(28)40/h1-10,19-20H,11-18H2. The molecule has 10 heteroatoms. The summed E-state index contributed by atoms with van der Waals surface area (Å²) in [6, 6.07) is 19.8. The number of hydrogen-bond donors (Lipinski definition) is 0. The Bertz CT molecular complexity index is 1870. The molecule has 216 valence electrons. The van der Waals surface area contributed by atoms with Crippen LogP contribution >= 0.6 is 0 Å². The van der Waals surface area contributed by atoms with Gasteiger partial charge in [0.15, 0.2) is 17.3 Å². The van der Waals surface area contributed by atoms with Gasteiger partial charge in [0.25, 0.3) is 5.91 Å². The molecule has 1 aliphatic carbocycles. The monoisotopic (exact) mass is 577 g/mol. The molecular formula is C33H28FN5O4. The lowest BCUT2D eigenvalue weighted by molar-refractivity contribution is 0.0714. The zero-order chi connectivity index (χ0) is 29.1. The lowest BCUT2D eigenvalue weighted by Gasteiger charge is -2.39. The average Bonchev–Trinajstić information content (AvgIpc) is 3.75. The fourth-order valence-corrected chi connectivity index (χ4v) is 6.62. The minimum Gasteiger partial charge on any atom is -0.459 e. The van der Waals surface area contributed by atoms with Gasteiger partial charge in [-0.3, -0.25) is 9.59 Å². The summed E-state index contributed by atoms with van der Waals surface area (Å²) >= 11 is 0. The number of carbonyl (C=O) groups is 2. The SMILES string of the molecule is O=C1c2ccccc2-c2onc3c(N4CCN(c5ccccc5F)CC4)cc(N4CCN(C(=O)c5ccco5)CC4)c1c23. The predicted molar refractivity (Wildman–Crippen MR) is 161 cm³/mol. The lowest BCUT2D eigenvalue weighted by Crippen LogP contribution is -2.49. The Hall–Kier alpha value is -5.12. The molecule has 9 nitrogen and oxygen atoms in total. The third-order valence-electron chi connectivity index (χ3n) is 8.81. The first-order valence-electron chi connectivity index (χ1n) is 14.5.